The van der Waals surface area contributed by atoms with Crippen molar-refractivity contribution in [3.63, 3.8) is 0 Å². The van der Waals surface area contributed by atoms with Crippen LogP contribution in [0, 0.1) is 0 Å². The van der Waals surface area contributed by atoms with Crippen LogP contribution in [0.25, 0.3) is 0 Å². The van der Waals surface area contributed by atoms with E-state index in [0.29, 0.717) is 6.61 Å². The molecule has 3 nitrogen and oxygen atoms in total. The minimum atomic E-state index is 0.241. The molecule has 0 heterocycles. The Kier molecular flexibility index (Phi) is 11.9. The zero-order valence-electron chi connectivity index (χ0n) is 10.2. The Morgan fingerprint density at radius 3 is 2.47 bits per heavy atom. The third kappa shape index (κ3) is 10.2. The fraction of sp³-hybridized carbons (Fsp3) is 1.00. The predicted octanol–water partition coefficient (Wildman–Crippen LogP) is 2.37. The number of ether oxygens (including phenoxy) is 2. The van der Waals surface area contributed by atoms with Gasteiger partial charge in [0.2, 0.25) is 0 Å². The lowest BCUT2D eigenvalue weighted by Crippen LogP contribution is -2.20. The van der Waals surface area contributed by atoms with Gasteiger partial charge in [0.25, 0.3) is 0 Å². The lowest BCUT2D eigenvalue weighted by molar-refractivity contribution is -0.0200. The SMILES string of the molecule is CCCCOC(CC)COCCCCO. The molecule has 92 valence electrons. The summed E-state index contributed by atoms with van der Waals surface area (Å²) in [5, 5.41) is 8.58. The Labute approximate surface area is 93.8 Å². The average Bonchev–Trinajstić information content (AvgIpc) is 2.26. The van der Waals surface area contributed by atoms with Crippen LogP contribution in [-0.2, 0) is 9.47 Å². The second-order valence-corrected chi connectivity index (χ2v) is 3.76. The first-order valence-corrected chi connectivity index (χ1v) is 6.15. The molecular formula is C12H26O3. The summed E-state index contributed by atoms with van der Waals surface area (Å²) in [5.41, 5.74) is 0. The monoisotopic (exact) mass is 218 g/mol. The van der Waals surface area contributed by atoms with E-state index < -0.39 is 0 Å². The molecule has 0 spiro atoms. The van der Waals surface area contributed by atoms with E-state index in [1.54, 1.807) is 0 Å². The van der Waals surface area contributed by atoms with E-state index in [4.69, 9.17) is 14.6 Å². The Balaban J connectivity index is 3.28. The molecule has 0 fully saturated rings. The number of aliphatic hydroxyl groups excluding tert-OH is 1. The molecule has 0 rings (SSSR count). The van der Waals surface area contributed by atoms with Crippen molar-refractivity contribution in [1.82, 2.24) is 0 Å². The molecule has 0 saturated carbocycles. The van der Waals surface area contributed by atoms with Crippen LogP contribution in [-0.4, -0.2) is 37.6 Å². The average molecular weight is 218 g/mol. The van der Waals surface area contributed by atoms with Crippen LogP contribution < -0.4 is 0 Å². The Bertz CT molecular complexity index is 117. The molecule has 0 aliphatic heterocycles. The van der Waals surface area contributed by atoms with Crippen LogP contribution >= 0.6 is 0 Å². The van der Waals surface area contributed by atoms with Crippen molar-refractivity contribution in [2.24, 2.45) is 0 Å². The van der Waals surface area contributed by atoms with Crippen molar-refractivity contribution in [2.45, 2.75) is 52.1 Å². The summed E-state index contributed by atoms with van der Waals surface area (Å²) in [6.07, 6.45) is 5.30. The predicted molar refractivity (Wildman–Crippen MR) is 62.1 cm³/mol. The number of unbranched alkanes of at least 4 members (excludes halogenated alkanes) is 2. The van der Waals surface area contributed by atoms with Crippen molar-refractivity contribution in [2.75, 3.05) is 26.4 Å². The number of rotatable bonds is 11. The molecule has 1 unspecified atom stereocenters. The first kappa shape index (κ1) is 14.9. The third-order valence-electron chi connectivity index (χ3n) is 2.31. The quantitative estimate of drug-likeness (QED) is 0.541. The third-order valence-corrected chi connectivity index (χ3v) is 2.31. The second kappa shape index (κ2) is 12.0. The van der Waals surface area contributed by atoms with Gasteiger partial charge in [0, 0.05) is 19.8 Å². The lowest BCUT2D eigenvalue weighted by Gasteiger charge is -2.16. The molecule has 0 amide bonds. The first-order valence-electron chi connectivity index (χ1n) is 6.15. The summed E-state index contributed by atoms with van der Waals surface area (Å²) < 4.78 is 11.1. The zero-order chi connectivity index (χ0) is 11.4. The van der Waals surface area contributed by atoms with Gasteiger partial charge in [-0.05, 0) is 25.7 Å². The summed E-state index contributed by atoms with van der Waals surface area (Å²) in [7, 11) is 0. The van der Waals surface area contributed by atoms with Gasteiger partial charge in [-0.3, -0.25) is 0 Å². The largest absolute Gasteiger partial charge is 0.396 e. The van der Waals surface area contributed by atoms with E-state index in [-0.39, 0.29) is 12.7 Å². The molecule has 0 aliphatic rings. The molecule has 1 atom stereocenters. The molecule has 15 heavy (non-hydrogen) atoms. The zero-order valence-corrected chi connectivity index (χ0v) is 10.2. The lowest BCUT2D eigenvalue weighted by atomic mass is 10.3. The highest BCUT2D eigenvalue weighted by molar-refractivity contribution is 4.53. The summed E-state index contributed by atoms with van der Waals surface area (Å²) >= 11 is 0. The van der Waals surface area contributed by atoms with Gasteiger partial charge in [-0.25, -0.2) is 0 Å². The summed E-state index contributed by atoms with van der Waals surface area (Å²) in [6, 6.07) is 0. The number of aliphatic hydroxyl groups is 1. The van der Waals surface area contributed by atoms with E-state index in [2.05, 4.69) is 13.8 Å². The molecule has 0 aromatic heterocycles. The highest BCUT2D eigenvalue weighted by atomic mass is 16.5. The van der Waals surface area contributed by atoms with Crippen molar-refractivity contribution < 1.29 is 14.6 Å². The van der Waals surface area contributed by atoms with E-state index in [1.165, 1.54) is 6.42 Å². The molecule has 3 heteroatoms. The van der Waals surface area contributed by atoms with Crippen LogP contribution in [0.5, 0.6) is 0 Å². The van der Waals surface area contributed by atoms with E-state index in [0.717, 1.165) is 38.9 Å². The van der Waals surface area contributed by atoms with Crippen LogP contribution in [0.15, 0.2) is 0 Å². The minimum Gasteiger partial charge on any atom is -0.396 e. The Hall–Kier alpha value is -0.120. The first-order chi connectivity index (χ1) is 7.35. The molecule has 1 N–H and O–H groups in total. The fourth-order valence-electron chi connectivity index (χ4n) is 1.21. The Morgan fingerprint density at radius 2 is 1.87 bits per heavy atom. The van der Waals surface area contributed by atoms with E-state index in [9.17, 15) is 0 Å². The van der Waals surface area contributed by atoms with Crippen molar-refractivity contribution in [3.05, 3.63) is 0 Å². The Morgan fingerprint density at radius 1 is 1.07 bits per heavy atom. The topological polar surface area (TPSA) is 38.7 Å². The molecule has 0 radical (unpaired) electrons. The van der Waals surface area contributed by atoms with Crippen molar-refractivity contribution in [1.29, 1.82) is 0 Å². The van der Waals surface area contributed by atoms with Gasteiger partial charge in [0.15, 0.2) is 0 Å². The van der Waals surface area contributed by atoms with Gasteiger partial charge in [-0.15, -0.1) is 0 Å². The molecule has 0 aliphatic carbocycles. The minimum absolute atomic E-state index is 0.241. The highest BCUT2D eigenvalue weighted by Crippen LogP contribution is 2.02. The standard InChI is InChI=1S/C12H26O3/c1-3-5-10-15-12(4-2)11-14-9-7-6-8-13/h12-13H,3-11H2,1-2H3. The maximum Gasteiger partial charge on any atom is 0.0805 e. The normalized spacial score (nSPS) is 13.0. The molecular weight excluding hydrogens is 192 g/mol. The smallest absolute Gasteiger partial charge is 0.0805 e. The van der Waals surface area contributed by atoms with E-state index >= 15 is 0 Å². The maximum absolute atomic E-state index is 8.58. The van der Waals surface area contributed by atoms with Crippen molar-refractivity contribution in [3.8, 4) is 0 Å². The van der Waals surface area contributed by atoms with Gasteiger partial charge < -0.3 is 14.6 Å². The summed E-state index contributed by atoms with van der Waals surface area (Å²) in [5.74, 6) is 0. The summed E-state index contributed by atoms with van der Waals surface area (Å²) in [6.45, 7) is 6.80. The van der Waals surface area contributed by atoms with Crippen molar-refractivity contribution >= 4 is 0 Å². The maximum atomic E-state index is 8.58. The van der Waals surface area contributed by atoms with Gasteiger partial charge in [-0.1, -0.05) is 20.3 Å². The van der Waals surface area contributed by atoms with E-state index in [1.807, 2.05) is 0 Å². The van der Waals surface area contributed by atoms with Crippen LogP contribution in [0.2, 0.25) is 0 Å². The number of hydrogen-bond donors (Lipinski definition) is 1. The highest BCUT2D eigenvalue weighted by Gasteiger charge is 2.05. The van der Waals surface area contributed by atoms with Gasteiger partial charge in [0.05, 0.1) is 12.7 Å². The molecule has 0 saturated heterocycles. The van der Waals surface area contributed by atoms with Gasteiger partial charge in [0.1, 0.15) is 0 Å². The fourth-order valence-corrected chi connectivity index (χ4v) is 1.21. The van der Waals surface area contributed by atoms with Gasteiger partial charge >= 0.3 is 0 Å². The van der Waals surface area contributed by atoms with Crippen LogP contribution in [0.4, 0.5) is 0 Å². The molecule has 0 aromatic carbocycles. The second-order valence-electron chi connectivity index (χ2n) is 3.76. The molecule has 0 aromatic rings. The molecule has 0 bridgehead atoms. The summed E-state index contributed by atoms with van der Waals surface area (Å²) in [4.78, 5) is 0. The van der Waals surface area contributed by atoms with Crippen LogP contribution in [0.3, 0.4) is 0 Å². The van der Waals surface area contributed by atoms with Gasteiger partial charge in [-0.2, -0.15) is 0 Å². The van der Waals surface area contributed by atoms with Crippen LogP contribution in [0.1, 0.15) is 46.0 Å². The number of hydrogen-bond acceptors (Lipinski definition) is 3.